The Morgan fingerprint density at radius 3 is 2.38 bits per heavy atom. The molecular formula is C14H28N2. The minimum absolute atomic E-state index is 0.984. The number of hydrogen-bond acceptors (Lipinski definition) is 2. The molecule has 0 radical (unpaired) electrons. The summed E-state index contributed by atoms with van der Waals surface area (Å²) in [7, 11) is 2.05. The fourth-order valence-corrected chi connectivity index (χ4v) is 2.46. The molecule has 94 valence electrons. The van der Waals surface area contributed by atoms with E-state index in [0.29, 0.717) is 0 Å². The maximum absolute atomic E-state index is 3.22. The van der Waals surface area contributed by atoms with Crippen LogP contribution in [0.5, 0.6) is 0 Å². The molecule has 2 aliphatic rings. The van der Waals surface area contributed by atoms with Gasteiger partial charge in [0.1, 0.15) is 0 Å². The average molecular weight is 224 g/mol. The summed E-state index contributed by atoms with van der Waals surface area (Å²) in [4.78, 5) is 2.79. The Kier molecular flexibility index (Phi) is 5.11. The number of rotatable bonds is 10. The van der Waals surface area contributed by atoms with Gasteiger partial charge >= 0.3 is 0 Å². The second kappa shape index (κ2) is 6.61. The molecule has 2 aliphatic carbocycles. The number of nitrogens with one attached hydrogen (secondary N) is 1. The molecule has 0 bridgehead atoms. The highest BCUT2D eigenvalue weighted by Gasteiger charge is 2.32. The fourth-order valence-electron chi connectivity index (χ4n) is 2.46. The van der Waals surface area contributed by atoms with E-state index in [1.807, 2.05) is 7.05 Å². The van der Waals surface area contributed by atoms with Gasteiger partial charge in [0.2, 0.25) is 0 Å². The Morgan fingerprint density at radius 2 is 1.75 bits per heavy atom. The molecule has 0 spiro atoms. The Bertz CT molecular complexity index is 185. The van der Waals surface area contributed by atoms with Crippen LogP contribution in [0.3, 0.4) is 0 Å². The Morgan fingerprint density at radius 1 is 1.00 bits per heavy atom. The monoisotopic (exact) mass is 224 g/mol. The van der Waals surface area contributed by atoms with Crippen LogP contribution in [0.4, 0.5) is 0 Å². The van der Waals surface area contributed by atoms with Gasteiger partial charge in [0.15, 0.2) is 0 Å². The van der Waals surface area contributed by atoms with Crippen molar-refractivity contribution >= 4 is 0 Å². The van der Waals surface area contributed by atoms with Gasteiger partial charge in [-0.05, 0) is 64.6 Å². The number of hydrogen-bond donors (Lipinski definition) is 1. The number of nitrogens with zero attached hydrogens (tertiary/aromatic N) is 1. The largest absolute Gasteiger partial charge is 0.320 e. The fraction of sp³-hybridized carbons (Fsp3) is 1.00. The second-order valence-electron chi connectivity index (χ2n) is 5.69. The van der Waals surface area contributed by atoms with Crippen molar-refractivity contribution in [2.24, 2.45) is 5.92 Å². The van der Waals surface area contributed by atoms with E-state index in [1.54, 1.807) is 0 Å². The molecule has 2 fully saturated rings. The average Bonchev–Trinajstić information content (AvgIpc) is 3.15. The van der Waals surface area contributed by atoms with E-state index in [-0.39, 0.29) is 0 Å². The van der Waals surface area contributed by atoms with Gasteiger partial charge < -0.3 is 10.2 Å². The predicted octanol–water partition coefficient (Wildman–Crippen LogP) is 2.64. The summed E-state index contributed by atoms with van der Waals surface area (Å²) in [5, 5.41) is 3.22. The minimum atomic E-state index is 0.984. The lowest BCUT2D eigenvalue weighted by Crippen LogP contribution is -2.29. The van der Waals surface area contributed by atoms with Crippen LogP contribution < -0.4 is 5.32 Å². The first kappa shape index (κ1) is 12.4. The third-order valence-corrected chi connectivity index (χ3v) is 3.88. The first-order valence-electron chi connectivity index (χ1n) is 7.29. The van der Waals surface area contributed by atoms with Crippen molar-refractivity contribution < 1.29 is 0 Å². The molecule has 0 heterocycles. The normalized spacial score (nSPS) is 20.6. The van der Waals surface area contributed by atoms with Crippen molar-refractivity contribution in [3.63, 3.8) is 0 Å². The molecule has 0 aliphatic heterocycles. The van der Waals surface area contributed by atoms with E-state index < -0.39 is 0 Å². The molecule has 0 aromatic rings. The summed E-state index contributed by atoms with van der Waals surface area (Å²) in [5.74, 6) is 1.07. The van der Waals surface area contributed by atoms with Gasteiger partial charge in [-0.25, -0.2) is 0 Å². The molecule has 1 N–H and O–H groups in total. The van der Waals surface area contributed by atoms with E-state index in [9.17, 15) is 0 Å². The van der Waals surface area contributed by atoms with E-state index in [1.165, 1.54) is 71.0 Å². The lowest BCUT2D eigenvalue weighted by molar-refractivity contribution is 0.246. The molecule has 0 aromatic carbocycles. The van der Waals surface area contributed by atoms with Gasteiger partial charge in [-0.15, -0.1) is 0 Å². The molecule has 0 aromatic heterocycles. The Balaban J connectivity index is 1.48. The third kappa shape index (κ3) is 4.84. The molecule has 0 unspecified atom stereocenters. The SMILES string of the molecule is CNCCCCCCN(CC1CC1)C1CC1. The lowest BCUT2D eigenvalue weighted by atomic mass is 10.2. The molecule has 2 heteroatoms. The van der Waals surface area contributed by atoms with Crippen molar-refractivity contribution in [1.82, 2.24) is 10.2 Å². The van der Waals surface area contributed by atoms with E-state index >= 15 is 0 Å². The summed E-state index contributed by atoms with van der Waals surface area (Å²) in [6, 6.07) is 0.984. The van der Waals surface area contributed by atoms with Crippen LogP contribution in [0.2, 0.25) is 0 Å². The zero-order valence-corrected chi connectivity index (χ0v) is 10.9. The highest BCUT2D eigenvalue weighted by molar-refractivity contribution is 4.88. The third-order valence-electron chi connectivity index (χ3n) is 3.88. The lowest BCUT2D eigenvalue weighted by Gasteiger charge is -2.21. The van der Waals surface area contributed by atoms with Crippen LogP contribution >= 0.6 is 0 Å². The van der Waals surface area contributed by atoms with Crippen LogP contribution in [-0.2, 0) is 0 Å². The summed E-state index contributed by atoms with van der Waals surface area (Å²) >= 11 is 0. The van der Waals surface area contributed by atoms with Crippen molar-refractivity contribution in [1.29, 1.82) is 0 Å². The zero-order chi connectivity index (χ0) is 11.2. The van der Waals surface area contributed by atoms with E-state index in [4.69, 9.17) is 0 Å². The summed E-state index contributed by atoms with van der Waals surface area (Å²) in [6.45, 7) is 3.98. The summed E-state index contributed by atoms with van der Waals surface area (Å²) < 4.78 is 0. The second-order valence-corrected chi connectivity index (χ2v) is 5.69. The minimum Gasteiger partial charge on any atom is -0.320 e. The Labute approximate surface area is 101 Å². The summed E-state index contributed by atoms with van der Waals surface area (Å²) in [6.07, 6.45) is 11.6. The van der Waals surface area contributed by atoms with Gasteiger partial charge in [-0.3, -0.25) is 0 Å². The van der Waals surface area contributed by atoms with Gasteiger partial charge in [-0.2, -0.15) is 0 Å². The molecule has 2 rings (SSSR count). The molecular weight excluding hydrogens is 196 g/mol. The predicted molar refractivity (Wildman–Crippen MR) is 69.7 cm³/mol. The van der Waals surface area contributed by atoms with Gasteiger partial charge in [0.05, 0.1) is 0 Å². The van der Waals surface area contributed by atoms with Crippen LogP contribution in [0.25, 0.3) is 0 Å². The van der Waals surface area contributed by atoms with Crippen LogP contribution in [0.15, 0.2) is 0 Å². The first-order chi connectivity index (χ1) is 7.90. The highest BCUT2D eigenvalue weighted by Crippen LogP contribution is 2.34. The van der Waals surface area contributed by atoms with Gasteiger partial charge in [0.25, 0.3) is 0 Å². The van der Waals surface area contributed by atoms with Crippen molar-refractivity contribution in [3.8, 4) is 0 Å². The summed E-state index contributed by atoms with van der Waals surface area (Å²) in [5.41, 5.74) is 0. The van der Waals surface area contributed by atoms with Gasteiger partial charge in [-0.1, -0.05) is 12.8 Å². The highest BCUT2D eigenvalue weighted by atomic mass is 15.2. The maximum atomic E-state index is 3.22. The Hall–Kier alpha value is -0.0800. The van der Waals surface area contributed by atoms with Crippen LogP contribution in [0, 0.1) is 5.92 Å². The zero-order valence-electron chi connectivity index (χ0n) is 10.9. The smallest absolute Gasteiger partial charge is 0.00965 e. The molecule has 2 saturated carbocycles. The van der Waals surface area contributed by atoms with Gasteiger partial charge in [0, 0.05) is 12.6 Å². The molecule has 0 atom stereocenters. The van der Waals surface area contributed by atoms with E-state index in [2.05, 4.69) is 10.2 Å². The number of unbranched alkanes of at least 4 members (excludes halogenated alkanes) is 3. The standard InChI is InChI=1S/C14H28N2/c1-15-10-4-2-3-5-11-16(14-8-9-14)12-13-6-7-13/h13-15H,2-12H2,1H3. The molecule has 0 amide bonds. The van der Waals surface area contributed by atoms with Crippen molar-refractivity contribution in [2.75, 3.05) is 26.7 Å². The van der Waals surface area contributed by atoms with Crippen LogP contribution in [0.1, 0.15) is 51.4 Å². The molecule has 2 nitrogen and oxygen atoms in total. The molecule has 16 heavy (non-hydrogen) atoms. The maximum Gasteiger partial charge on any atom is 0.00965 e. The quantitative estimate of drug-likeness (QED) is 0.574. The first-order valence-corrected chi connectivity index (χ1v) is 7.29. The van der Waals surface area contributed by atoms with Crippen molar-refractivity contribution in [2.45, 2.75) is 57.4 Å². The molecule has 0 saturated heterocycles. The van der Waals surface area contributed by atoms with Crippen LogP contribution in [-0.4, -0.2) is 37.6 Å². The topological polar surface area (TPSA) is 15.3 Å². The van der Waals surface area contributed by atoms with Crippen molar-refractivity contribution in [3.05, 3.63) is 0 Å². The van der Waals surface area contributed by atoms with E-state index in [0.717, 1.165) is 12.0 Å².